The molecule has 0 saturated heterocycles. The van der Waals surface area contributed by atoms with Crippen molar-refractivity contribution in [1.82, 2.24) is 0 Å². The van der Waals surface area contributed by atoms with E-state index in [1.807, 2.05) is 0 Å². The molecule has 2 rings (SSSR count). The molecule has 0 aliphatic heterocycles. The van der Waals surface area contributed by atoms with Crippen molar-refractivity contribution < 1.29 is 0 Å². The molecule has 0 aromatic rings. The molecule has 0 heterocycles. The zero-order valence-electron chi connectivity index (χ0n) is 10.2. The van der Waals surface area contributed by atoms with E-state index in [9.17, 15) is 0 Å². The van der Waals surface area contributed by atoms with E-state index in [-0.39, 0.29) is 0 Å². The highest BCUT2D eigenvalue weighted by Crippen LogP contribution is 2.64. The molecule has 2 aliphatic carbocycles. The SMILES string of the molecule is C=C1CC[C@H]2C[C@@H](C)C(C)(C)C2(C)C1. The van der Waals surface area contributed by atoms with Crippen molar-refractivity contribution in [3.63, 3.8) is 0 Å². The molecule has 1 unspecified atom stereocenters. The van der Waals surface area contributed by atoms with Crippen LogP contribution in [0.25, 0.3) is 0 Å². The van der Waals surface area contributed by atoms with Crippen LogP contribution < -0.4 is 0 Å². The maximum absolute atomic E-state index is 4.21. The fourth-order valence-electron chi connectivity index (χ4n) is 3.87. The van der Waals surface area contributed by atoms with E-state index in [1.54, 1.807) is 0 Å². The third-order valence-corrected chi connectivity index (χ3v) is 5.71. The van der Waals surface area contributed by atoms with Gasteiger partial charge < -0.3 is 0 Å². The first kappa shape index (κ1) is 10.3. The van der Waals surface area contributed by atoms with Crippen LogP contribution in [-0.2, 0) is 0 Å². The molecule has 0 heteroatoms. The van der Waals surface area contributed by atoms with Gasteiger partial charge >= 0.3 is 0 Å². The Morgan fingerprint density at radius 1 is 1.29 bits per heavy atom. The van der Waals surface area contributed by atoms with Crippen LogP contribution in [0, 0.1) is 22.7 Å². The quantitative estimate of drug-likeness (QED) is 0.499. The van der Waals surface area contributed by atoms with Crippen molar-refractivity contribution in [2.24, 2.45) is 22.7 Å². The van der Waals surface area contributed by atoms with E-state index < -0.39 is 0 Å². The molecular formula is C14H24. The van der Waals surface area contributed by atoms with Gasteiger partial charge in [0.15, 0.2) is 0 Å². The van der Waals surface area contributed by atoms with E-state index in [2.05, 4.69) is 34.3 Å². The van der Waals surface area contributed by atoms with E-state index >= 15 is 0 Å². The molecule has 80 valence electrons. The lowest BCUT2D eigenvalue weighted by Gasteiger charge is -2.47. The number of allylic oxidation sites excluding steroid dienone is 1. The Morgan fingerprint density at radius 3 is 2.57 bits per heavy atom. The summed E-state index contributed by atoms with van der Waals surface area (Å²) in [6, 6.07) is 0. The average Bonchev–Trinajstić information content (AvgIpc) is 2.24. The van der Waals surface area contributed by atoms with Gasteiger partial charge in [0.25, 0.3) is 0 Å². The number of fused-ring (bicyclic) bond motifs is 1. The van der Waals surface area contributed by atoms with Gasteiger partial charge in [-0.3, -0.25) is 0 Å². The third-order valence-electron chi connectivity index (χ3n) is 5.71. The number of hydrogen-bond acceptors (Lipinski definition) is 0. The van der Waals surface area contributed by atoms with Gasteiger partial charge in [0, 0.05) is 0 Å². The predicted octanol–water partition coefficient (Wildman–Crippen LogP) is 4.42. The Labute approximate surface area is 88.8 Å². The zero-order chi connectivity index (χ0) is 10.6. The zero-order valence-corrected chi connectivity index (χ0v) is 10.2. The molecule has 0 N–H and O–H groups in total. The van der Waals surface area contributed by atoms with Gasteiger partial charge in [0.1, 0.15) is 0 Å². The molecule has 0 aromatic heterocycles. The molecule has 2 aliphatic rings. The maximum Gasteiger partial charge on any atom is -0.0206 e. The van der Waals surface area contributed by atoms with Crippen molar-refractivity contribution in [2.45, 2.75) is 53.4 Å². The summed E-state index contributed by atoms with van der Waals surface area (Å²) in [4.78, 5) is 0. The molecule has 0 nitrogen and oxygen atoms in total. The van der Waals surface area contributed by atoms with E-state index in [1.165, 1.54) is 31.3 Å². The molecular weight excluding hydrogens is 168 g/mol. The van der Waals surface area contributed by atoms with Gasteiger partial charge in [0.05, 0.1) is 0 Å². The molecule has 0 amide bonds. The summed E-state index contributed by atoms with van der Waals surface area (Å²) in [6.45, 7) is 14.1. The van der Waals surface area contributed by atoms with Crippen LogP contribution in [0.1, 0.15) is 53.4 Å². The van der Waals surface area contributed by atoms with Crippen molar-refractivity contribution in [2.75, 3.05) is 0 Å². The van der Waals surface area contributed by atoms with Crippen molar-refractivity contribution in [3.05, 3.63) is 12.2 Å². The van der Waals surface area contributed by atoms with Crippen LogP contribution in [0.2, 0.25) is 0 Å². The summed E-state index contributed by atoms with van der Waals surface area (Å²) < 4.78 is 0. The van der Waals surface area contributed by atoms with Gasteiger partial charge in [-0.05, 0) is 48.3 Å². The Balaban J connectivity index is 2.35. The molecule has 3 atom stereocenters. The van der Waals surface area contributed by atoms with Crippen molar-refractivity contribution >= 4 is 0 Å². The summed E-state index contributed by atoms with van der Waals surface area (Å²) in [7, 11) is 0. The van der Waals surface area contributed by atoms with E-state index in [0.29, 0.717) is 10.8 Å². The minimum Gasteiger partial charge on any atom is -0.0998 e. The summed E-state index contributed by atoms with van der Waals surface area (Å²) in [5.74, 6) is 1.83. The number of hydrogen-bond donors (Lipinski definition) is 0. The highest BCUT2D eigenvalue weighted by atomic mass is 14.6. The van der Waals surface area contributed by atoms with Crippen LogP contribution in [0.4, 0.5) is 0 Å². The van der Waals surface area contributed by atoms with Crippen LogP contribution >= 0.6 is 0 Å². The lowest BCUT2D eigenvalue weighted by atomic mass is 9.57. The van der Waals surface area contributed by atoms with Gasteiger partial charge in [-0.1, -0.05) is 39.8 Å². The standard InChI is InChI=1S/C14H24/c1-10-6-7-12-8-11(2)13(3,4)14(12,5)9-10/h11-12H,1,6-9H2,2-5H3/t11-,12+,14?/m1/s1. The first-order valence-electron chi connectivity index (χ1n) is 6.04. The summed E-state index contributed by atoms with van der Waals surface area (Å²) in [6.07, 6.45) is 5.39. The van der Waals surface area contributed by atoms with Gasteiger partial charge in [0.2, 0.25) is 0 Å². The minimum atomic E-state index is 0.501. The molecule has 2 fully saturated rings. The molecule has 0 bridgehead atoms. The van der Waals surface area contributed by atoms with E-state index in [0.717, 1.165) is 11.8 Å². The Hall–Kier alpha value is -0.260. The second-order valence-electron chi connectivity index (χ2n) is 6.44. The normalized spacial score (nSPS) is 46.4. The smallest absolute Gasteiger partial charge is 0.0206 e. The Morgan fingerprint density at radius 2 is 1.93 bits per heavy atom. The second-order valence-corrected chi connectivity index (χ2v) is 6.44. The van der Waals surface area contributed by atoms with Gasteiger partial charge in [-0.25, -0.2) is 0 Å². The average molecular weight is 192 g/mol. The molecule has 14 heavy (non-hydrogen) atoms. The molecule has 0 radical (unpaired) electrons. The molecule has 0 spiro atoms. The highest BCUT2D eigenvalue weighted by molar-refractivity contribution is 5.14. The largest absolute Gasteiger partial charge is 0.0998 e. The first-order chi connectivity index (χ1) is 6.38. The molecule has 0 aromatic carbocycles. The Kier molecular flexibility index (Phi) is 2.10. The van der Waals surface area contributed by atoms with Crippen LogP contribution in [0.5, 0.6) is 0 Å². The first-order valence-corrected chi connectivity index (χ1v) is 6.04. The van der Waals surface area contributed by atoms with Crippen LogP contribution in [0.15, 0.2) is 12.2 Å². The molecule has 2 saturated carbocycles. The fourth-order valence-corrected chi connectivity index (χ4v) is 3.87. The second kappa shape index (κ2) is 2.87. The topological polar surface area (TPSA) is 0 Å². The summed E-state index contributed by atoms with van der Waals surface area (Å²) in [5.41, 5.74) is 2.52. The van der Waals surface area contributed by atoms with Crippen LogP contribution in [0.3, 0.4) is 0 Å². The summed E-state index contributed by atoms with van der Waals surface area (Å²) >= 11 is 0. The van der Waals surface area contributed by atoms with Gasteiger partial charge in [-0.15, -0.1) is 0 Å². The van der Waals surface area contributed by atoms with Crippen LogP contribution in [-0.4, -0.2) is 0 Å². The number of rotatable bonds is 0. The monoisotopic (exact) mass is 192 g/mol. The van der Waals surface area contributed by atoms with Crippen molar-refractivity contribution in [3.8, 4) is 0 Å². The maximum atomic E-state index is 4.21. The third kappa shape index (κ3) is 1.12. The Bertz CT molecular complexity index is 261. The predicted molar refractivity (Wildman–Crippen MR) is 62.2 cm³/mol. The van der Waals surface area contributed by atoms with E-state index in [4.69, 9.17) is 0 Å². The lowest BCUT2D eigenvalue weighted by molar-refractivity contribution is 0.0464. The minimum absolute atomic E-state index is 0.501. The highest BCUT2D eigenvalue weighted by Gasteiger charge is 2.56. The van der Waals surface area contributed by atoms with Gasteiger partial charge in [-0.2, -0.15) is 0 Å². The fraction of sp³-hybridized carbons (Fsp3) is 0.857. The lowest BCUT2D eigenvalue weighted by Crippen LogP contribution is -2.39. The summed E-state index contributed by atoms with van der Waals surface area (Å²) in [5, 5.41) is 0. The van der Waals surface area contributed by atoms with Crippen molar-refractivity contribution in [1.29, 1.82) is 0 Å².